The summed E-state index contributed by atoms with van der Waals surface area (Å²) in [6.45, 7) is 6.45. The molecule has 0 spiro atoms. The topological polar surface area (TPSA) is 52.7 Å². The summed E-state index contributed by atoms with van der Waals surface area (Å²) in [6.07, 6.45) is 4.41. The standard InChI is InChI=1S/C22H24N4OS/c1-5-20-19-11-6-16(14-22(19)25(24-20)15(2)3)21-12-13-23-26(21)17-7-9-18(10-8-17)28(4)27/h6-15H,5H2,1-4H3. The van der Waals surface area contributed by atoms with E-state index in [-0.39, 0.29) is 0 Å². The molecular formula is C22H24N4OS. The summed E-state index contributed by atoms with van der Waals surface area (Å²) in [5.74, 6) is 0. The molecule has 0 radical (unpaired) electrons. The minimum atomic E-state index is -0.986. The Hall–Kier alpha value is -2.73. The summed E-state index contributed by atoms with van der Waals surface area (Å²) >= 11 is 0. The highest BCUT2D eigenvalue weighted by molar-refractivity contribution is 7.84. The van der Waals surface area contributed by atoms with Gasteiger partial charge in [-0.3, -0.25) is 8.89 Å². The summed E-state index contributed by atoms with van der Waals surface area (Å²) in [5.41, 5.74) is 5.33. The van der Waals surface area contributed by atoms with Crippen LogP contribution in [0.2, 0.25) is 0 Å². The Morgan fingerprint density at radius 1 is 1.07 bits per heavy atom. The highest BCUT2D eigenvalue weighted by Gasteiger charge is 2.14. The van der Waals surface area contributed by atoms with E-state index in [1.165, 1.54) is 5.39 Å². The van der Waals surface area contributed by atoms with Crippen molar-refractivity contribution in [1.82, 2.24) is 19.6 Å². The minimum Gasteiger partial charge on any atom is -0.262 e. The fourth-order valence-electron chi connectivity index (χ4n) is 3.52. The summed E-state index contributed by atoms with van der Waals surface area (Å²) < 4.78 is 15.7. The highest BCUT2D eigenvalue weighted by Crippen LogP contribution is 2.29. The first kappa shape index (κ1) is 18.6. The first-order valence-corrected chi connectivity index (χ1v) is 11.0. The second kappa shape index (κ2) is 7.36. The molecule has 1 atom stereocenters. The van der Waals surface area contributed by atoms with Gasteiger partial charge in [0, 0.05) is 38.9 Å². The van der Waals surface area contributed by atoms with Crippen LogP contribution in [-0.4, -0.2) is 30.0 Å². The maximum absolute atomic E-state index is 11.7. The average molecular weight is 393 g/mol. The predicted octanol–water partition coefficient (Wildman–Crippen LogP) is 4.77. The van der Waals surface area contributed by atoms with E-state index in [2.05, 4.69) is 48.8 Å². The molecule has 1 unspecified atom stereocenters. The van der Waals surface area contributed by atoms with Crippen LogP contribution in [-0.2, 0) is 17.2 Å². The van der Waals surface area contributed by atoms with E-state index in [1.54, 1.807) is 6.26 Å². The van der Waals surface area contributed by atoms with Crippen LogP contribution in [0.1, 0.15) is 32.5 Å². The van der Waals surface area contributed by atoms with E-state index >= 15 is 0 Å². The molecule has 0 amide bonds. The van der Waals surface area contributed by atoms with Crippen LogP contribution in [0.3, 0.4) is 0 Å². The van der Waals surface area contributed by atoms with Gasteiger partial charge in [-0.2, -0.15) is 10.2 Å². The van der Waals surface area contributed by atoms with Gasteiger partial charge in [0.15, 0.2) is 0 Å². The van der Waals surface area contributed by atoms with Crippen LogP contribution in [0.15, 0.2) is 59.6 Å². The normalized spacial score (nSPS) is 12.8. The molecule has 5 nitrogen and oxygen atoms in total. The summed E-state index contributed by atoms with van der Waals surface area (Å²) in [6, 6.07) is 16.5. The first-order chi connectivity index (χ1) is 13.5. The van der Waals surface area contributed by atoms with Gasteiger partial charge in [0.25, 0.3) is 0 Å². The van der Waals surface area contributed by atoms with Crippen molar-refractivity contribution in [2.24, 2.45) is 0 Å². The highest BCUT2D eigenvalue weighted by atomic mass is 32.2. The third-order valence-corrected chi connectivity index (χ3v) is 5.90. The molecule has 6 heteroatoms. The van der Waals surface area contributed by atoms with Crippen molar-refractivity contribution in [3.05, 3.63) is 60.4 Å². The number of hydrogen-bond acceptors (Lipinski definition) is 3. The number of benzene rings is 2. The minimum absolute atomic E-state index is 0.297. The summed E-state index contributed by atoms with van der Waals surface area (Å²) in [4.78, 5) is 0.812. The zero-order chi connectivity index (χ0) is 19.8. The third-order valence-electron chi connectivity index (χ3n) is 4.96. The molecule has 2 heterocycles. The van der Waals surface area contributed by atoms with E-state index in [4.69, 9.17) is 5.10 Å². The second-order valence-corrected chi connectivity index (χ2v) is 8.53. The number of fused-ring (bicyclic) bond motifs is 1. The molecule has 0 aliphatic rings. The van der Waals surface area contributed by atoms with Crippen LogP contribution < -0.4 is 0 Å². The SMILES string of the molecule is CCc1nn(C(C)C)c2cc(-c3ccnn3-c3ccc(S(C)=O)cc3)ccc12. The first-order valence-electron chi connectivity index (χ1n) is 9.49. The van der Waals surface area contributed by atoms with E-state index in [0.29, 0.717) is 6.04 Å². The van der Waals surface area contributed by atoms with Crippen molar-refractivity contribution >= 4 is 21.7 Å². The molecule has 4 rings (SSSR count). The van der Waals surface area contributed by atoms with Crippen molar-refractivity contribution in [3.63, 3.8) is 0 Å². The fraction of sp³-hybridized carbons (Fsp3) is 0.273. The van der Waals surface area contributed by atoms with Gasteiger partial charge in [-0.1, -0.05) is 19.1 Å². The molecule has 2 aromatic carbocycles. The molecule has 4 aromatic rings. The Bertz CT molecular complexity index is 1160. The number of nitrogens with zero attached hydrogens (tertiary/aromatic N) is 4. The largest absolute Gasteiger partial charge is 0.262 e. The smallest absolute Gasteiger partial charge is 0.0741 e. The molecule has 144 valence electrons. The van der Waals surface area contributed by atoms with Gasteiger partial charge >= 0.3 is 0 Å². The van der Waals surface area contributed by atoms with Crippen molar-refractivity contribution < 1.29 is 4.21 Å². The lowest BCUT2D eigenvalue weighted by Gasteiger charge is -2.10. The predicted molar refractivity (Wildman–Crippen MR) is 114 cm³/mol. The molecule has 0 aliphatic heterocycles. The quantitative estimate of drug-likeness (QED) is 0.492. The number of aromatic nitrogens is 4. The number of rotatable bonds is 5. The summed E-state index contributed by atoms with van der Waals surface area (Å²) in [5, 5.41) is 10.5. The zero-order valence-corrected chi connectivity index (χ0v) is 17.4. The number of aryl methyl sites for hydroxylation is 1. The molecule has 0 bridgehead atoms. The fourth-order valence-corrected chi connectivity index (χ4v) is 4.04. The Morgan fingerprint density at radius 3 is 2.46 bits per heavy atom. The van der Waals surface area contributed by atoms with Gasteiger partial charge in [-0.05, 0) is 56.7 Å². The maximum atomic E-state index is 11.7. The third kappa shape index (κ3) is 3.18. The summed E-state index contributed by atoms with van der Waals surface area (Å²) in [7, 11) is -0.986. The van der Waals surface area contributed by atoms with Crippen molar-refractivity contribution in [3.8, 4) is 16.9 Å². The van der Waals surface area contributed by atoms with E-state index in [9.17, 15) is 4.21 Å². The molecule has 2 aromatic heterocycles. The van der Waals surface area contributed by atoms with E-state index < -0.39 is 10.8 Å². The molecule has 0 saturated carbocycles. The molecule has 0 saturated heterocycles. The zero-order valence-electron chi connectivity index (χ0n) is 16.6. The Kier molecular flexibility index (Phi) is 4.89. The number of hydrogen-bond donors (Lipinski definition) is 0. The lowest BCUT2D eigenvalue weighted by atomic mass is 10.1. The molecule has 0 fully saturated rings. The molecule has 28 heavy (non-hydrogen) atoms. The van der Waals surface area contributed by atoms with Crippen LogP contribution in [0.5, 0.6) is 0 Å². The van der Waals surface area contributed by atoms with E-state index in [1.807, 2.05) is 41.2 Å². The maximum Gasteiger partial charge on any atom is 0.0741 e. The monoisotopic (exact) mass is 392 g/mol. The van der Waals surface area contributed by atoms with Gasteiger partial charge in [0.1, 0.15) is 0 Å². The lowest BCUT2D eigenvalue weighted by molar-refractivity contribution is 0.544. The molecule has 0 N–H and O–H groups in total. The van der Waals surface area contributed by atoms with Crippen molar-refractivity contribution in [1.29, 1.82) is 0 Å². The Labute approximate surface area is 167 Å². The van der Waals surface area contributed by atoms with E-state index in [0.717, 1.165) is 39.5 Å². The Morgan fingerprint density at radius 2 is 1.82 bits per heavy atom. The van der Waals surface area contributed by atoms with Crippen LogP contribution in [0.25, 0.3) is 27.8 Å². The van der Waals surface area contributed by atoms with Crippen LogP contribution >= 0.6 is 0 Å². The molecule has 0 aliphatic carbocycles. The molecular weight excluding hydrogens is 368 g/mol. The average Bonchev–Trinajstić information content (AvgIpc) is 3.32. The Balaban J connectivity index is 1.82. The van der Waals surface area contributed by atoms with Gasteiger partial charge in [0.05, 0.1) is 28.8 Å². The van der Waals surface area contributed by atoms with Gasteiger partial charge < -0.3 is 0 Å². The lowest BCUT2D eigenvalue weighted by Crippen LogP contribution is -2.03. The van der Waals surface area contributed by atoms with Crippen molar-refractivity contribution in [2.45, 2.75) is 38.1 Å². The second-order valence-electron chi connectivity index (χ2n) is 7.15. The van der Waals surface area contributed by atoms with Crippen LogP contribution in [0.4, 0.5) is 0 Å². The van der Waals surface area contributed by atoms with Crippen LogP contribution in [0, 0.1) is 0 Å². The van der Waals surface area contributed by atoms with Gasteiger partial charge in [-0.25, -0.2) is 4.68 Å². The van der Waals surface area contributed by atoms with Crippen molar-refractivity contribution in [2.75, 3.05) is 6.26 Å². The van der Waals surface area contributed by atoms with Gasteiger partial charge in [0.2, 0.25) is 0 Å². The van der Waals surface area contributed by atoms with Gasteiger partial charge in [-0.15, -0.1) is 0 Å².